The van der Waals surface area contributed by atoms with Gasteiger partial charge >= 0.3 is 13.7 Å². The summed E-state index contributed by atoms with van der Waals surface area (Å²) in [6.07, 6.45) is 3.54. The predicted molar refractivity (Wildman–Crippen MR) is 160 cm³/mol. The standard InChI is InChI=1S/C30H31FN5O8P/c1-4-21-15-36(27-24(21)26(34-39)32-18-33-27)29-30(3,31)25(37)23(43-29)17-42-45(40,44-22-13-9-6-10-14-22)35-19(2)28(38)41-16-20-11-7-5-8-12-20/h1,5-15,18-19,23,25,29,37,39H,16-17H2,2-3H3,(H,35,40)(H,32,33,34)/t19?,23-,25-,29-,30-,45?/m1/s1. The molecule has 0 bridgehead atoms. The van der Waals surface area contributed by atoms with E-state index in [9.17, 15) is 19.7 Å². The fourth-order valence-corrected chi connectivity index (χ4v) is 6.34. The minimum absolute atomic E-state index is 0.00724. The molecule has 15 heteroatoms. The van der Waals surface area contributed by atoms with Crippen LogP contribution in [0.1, 0.15) is 31.2 Å². The second kappa shape index (κ2) is 13.3. The molecule has 0 saturated carbocycles. The molecule has 0 radical (unpaired) electrons. The van der Waals surface area contributed by atoms with E-state index in [4.69, 9.17) is 24.9 Å². The van der Waals surface area contributed by atoms with Gasteiger partial charge in [-0.15, -0.1) is 6.42 Å². The number of fused-ring (bicyclic) bond motifs is 1. The van der Waals surface area contributed by atoms with Crippen molar-refractivity contribution in [2.45, 2.75) is 50.6 Å². The Morgan fingerprint density at radius 1 is 1.22 bits per heavy atom. The Morgan fingerprint density at radius 2 is 1.91 bits per heavy atom. The molecule has 45 heavy (non-hydrogen) atoms. The summed E-state index contributed by atoms with van der Waals surface area (Å²) < 4.78 is 53.9. The molecule has 1 fully saturated rings. The Labute approximate surface area is 257 Å². The van der Waals surface area contributed by atoms with Gasteiger partial charge in [0.25, 0.3) is 0 Å². The van der Waals surface area contributed by atoms with Gasteiger partial charge in [-0.2, -0.15) is 5.09 Å². The molecule has 3 heterocycles. The third-order valence-electron chi connectivity index (χ3n) is 7.15. The quantitative estimate of drug-likeness (QED) is 0.0759. The van der Waals surface area contributed by atoms with E-state index in [0.29, 0.717) is 0 Å². The molecule has 0 amide bonds. The summed E-state index contributed by atoms with van der Waals surface area (Å²) in [7, 11) is -4.36. The van der Waals surface area contributed by atoms with Gasteiger partial charge in [0.2, 0.25) is 0 Å². The summed E-state index contributed by atoms with van der Waals surface area (Å²) in [6.45, 7) is 1.93. The van der Waals surface area contributed by atoms with Gasteiger partial charge < -0.3 is 23.7 Å². The van der Waals surface area contributed by atoms with Crippen LogP contribution in [0.25, 0.3) is 11.0 Å². The molecule has 4 N–H and O–H groups in total. The maximum absolute atomic E-state index is 16.1. The summed E-state index contributed by atoms with van der Waals surface area (Å²) in [4.78, 5) is 20.8. The van der Waals surface area contributed by atoms with Crippen molar-refractivity contribution in [1.29, 1.82) is 0 Å². The van der Waals surface area contributed by atoms with Crippen LogP contribution in [0.3, 0.4) is 0 Å². The van der Waals surface area contributed by atoms with Crippen molar-refractivity contribution >= 4 is 30.6 Å². The SMILES string of the molecule is C#Cc1cn([C@@H]2O[C@H](COP(=O)(NC(C)C(=O)OCc3ccccc3)Oc3ccccc3)[C@@H](O)[C@@]2(C)F)c2ncnc(NO)c12. The molecule has 2 aromatic heterocycles. The average Bonchev–Trinajstić information content (AvgIpc) is 3.52. The number of aliphatic hydroxyl groups is 1. The molecular formula is C30H31FN5O8P. The zero-order valence-electron chi connectivity index (χ0n) is 24.2. The largest absolute Gasteiger partial charge is 0.460 e. The highest BCUT2D eigenvalue weighted by molar-refractivity contribution is 7.52. The molecule has 0 spiro atoms. The number of aliphatic hydroxyl groups excluding tert-OH is 1. The maximum atomic E-state index is 16.1. The van der Waals surface area contributed by atoms with Crippen LogP contribution in [-0.2, 0) is 30.0 Å². The minimum Gasteiger partial charge on any atom is -0.460 e. The smallest absolute Gasteiger partial charge is 0.459 e. The van der Waals surface area contributed by atoms with E-state index in [-0.39, 0.29) is 34.8 Å². The first-order chi connectivity index (χ1) is 21.6. The van der Waals surface area contributed by atoms with Gasteiger partial charge in [0, 0.05) is 6.20 Å². The number of carbonyl (C=O) groups is 1. The molecule has 1 aliphatic rings. The fraction of sp³-hybridized carbons (Fsp3) is 0.300. The number of hydrogen-bond donors (Lipinski definition) is 4. The number of alkyl halides is 1. The van der Waals surface area contributed by atoms with Crippen LogP contribution in [0.2, 0.25) is 0 Å². The Bertz CT molecular complexity index is 1730. The number of nitrogens with zero attached hydrogens (tertiary/aromatic N) is 3. The Kier molecular flexibility index (Phi) is 9.50. The van der Waals surface area contributed by atoms with Crippen molar-refractivity contribution < 1.29 is 42.6 Å². The van der Waals surface area contributed by atoms with Crippen LogP contribution in [-0.4, -0.2) is 61.3 Å². The molecule has 1 saturated heterocycles. The van der Waals surface area contributed by atoms with Gasteiger partial charge in [0.1, 0.15) is 42.6 Å². The molecule has 4 aromatic rings. The summed E-state index contributed by atoms with van der Waals surface area (Å²) in [5, 5.41) is 23.3. The second-order valence-electron chi connectivity index (χ2n) is 10.4. The number of rotatable bonds is 12. The number of para-hydroxylation sites is 1. The Hall–Kier alpha value is -4.35. The summed E-state index contributed by atoms with van der Waals surface area (Å²) in [6, 6.07) is 15.9. The molecule has 2 aromatic carbocycles. The van der Waals surface area contributed by atoms with E-state index in [0.717, 1.165) is 18.8 Å². The topological polar surface area (TPSA) is 166 Å². The molecule has 1 aliphatic heterocycles. The third-order valence-corrected chi connectivity index (χ3v) is 8.79. The monoisotopic (exact) mass is 639 g/mol. The Morgan fingerprint density at radius 3 is 2.58 bits per heavy atom. The average molecular weight is 640 g/mol. The first kappa shape index (κ1) is 32.1. The number of ether oxygens (including phenoxy) is 2. The molecule has 236 valence electrons. The van der Waals surface area contributed by atoms with E-state index in [2.05, 4.69) is 21.0 Å². The summed E-state index contributed by atoms with van der Waals surface area (Å²) in [5.74, 6) is 1.86. The second-order valence-corrected chi connectivity index (χ2v) is 12.1. The van der Waals surface area contributed by atoms with Crippen molar-refractivity contribution in [3.63, 3.8) is 0 Å². The number of halogens is 1. The molecule has 2 unspecified atom stereocenters. The van der Waals surface area contributed by atoms with Crippen molar-refractivity contribution in [2.24, 2.45) is 0 Å². The van der Waals surface area contributed by atoms with Crippen LogP contribution >= 0.6 is 7.75 Å². The summed E-state index contributed by atoms with van der Waals surface area (Å²) in [5.41, 5.74) is 0.628. The van der Waals surface area contributed by atoms with Gasteiger partial charge in [0.15, 0.2) is 17.7 Å². The van der Waals surface area contributed by atoms with Gasteiger partial charge in [-0.05, 0) is 31.5 Å². The van der Waals surface area contributed by atoms with Crippen LogP contribution in [0.15, 0.2) is 73.2 Å². The van der Waals surface area contributed by atoms with E-state index < -0.39 is 50.5 Å². The maximum Gasteiger partial charge on any atom is 0.459 e. The van der Waals surface area contributed by atoms with Crippen molar-refractivity contribution in [1.82, 2.24) is 19.6 Å². The number of carbonyl (C=O) groups excluding carboxylic acids is 1. The van der Waals surface area contributed by atoms with Crippen LogP contribution in [0.4, 0.5) is 10.2 Å². The van der Waals surface area contributed by atoms with Crippen molar-refractivity contribution in [3.05, 3.63) is 84.3 Å². The lowest BCUT2D eigenvalue weighted by molar-refractivity contribution is -0.146. The lowest BCUT2D eigenvalue weighted by Gasteiger charge is -2.25. The highest BCUT2D eigenvalue weighted by Crippen LogP contribution is 2.48. The predicted octanol–water partition coefficient (Wildman–Crippen LogP) is 4.13. The van der Waals surface area contributed by atoms with Crippen LogP contribution in [0.5, 0.6) is 5.75 Å². The number of hydrogen-bond acceptors (Lipinski definition) is 11. The lowest BCUT2D eigenvalue weighted by atomic mass is 9.98. The highest BCUT2D eigenvalue weighted by atomic mass is 31.2. The number of terminal acetylenes is 1. The zero-order valence-corrected chi connectivity index (χ0v) is 25.1. The van der Waals surface area contributed by atoms with Crippen molar-refractivity contribution in [2.75, 3.05) is 12.1 Å². The van der Waals surface area contributed by atoms with Gasteiger partial charge in [-0.25, -0.2) is 18.9 Å². The van der Waals surface area contributed by atoms with E-state index >= 15 is 4.39 Å². The van der Waals surface area contributed by atoms with E-state index in [1.165, 1.54) is 29.8 Å². The van der Waals surface area contributed by atoms with Crippen molar-refractivity contribution in [3.8, 4) is 18.1 Å². The van der Waals surface area contributed by atoms with Crippen LogP contribution < -0.4 is 15.1 Å². The van der Waals surface area contributed by atoms with Gasteiger partial charge in [0.05, 0.1) is 17.6 Å². The molecule has 13 nitrogen and oxygen atoms in total. The Balaban J connectivity index is 1.34. The van der Waals surface area contributed by atoms with Gasteiger partial charge in [-0.3, -0.25) is 20.0 Å². The van der Waals surface area contributed by atoms with E-state index in [1.807, 2.05) is 11.5 Å². The molecular weight excluding hydrogens is 608 g/mol. The molecule has 0 aliphatic carbocycles. The van der Waals surface area contributed by atoms with Crippen LogP contribution in [0, 0.1) is 12.3 Å². The normalized spacial score (nSPS) is 23.2. The highest BCUT2D eigenvalue weighted by Gasteiger charge is 2.56. The summed E-state index contributed by atoms with van der Waals surface area (Å²) >= 11 is 0. The third kappa shape index (κ3) is 6.84. The number of anilines is 1. The van der Waals surface area contributed by atoms with Gasteiger partial charge in [-0.1, -0.05) is 54.5 Å². The number of aromatic nitrogens is 3. The first-order valence-corrected chi connectivity index (χ1v) is 15.3. The molecule has 5 rings (SSSR count). The van der Waals surface area contributed by atoms with E-state index in [1.54, 1.807) is 42.5 Å². The number of nitrogens with one attached hydrogen (secondary N) is 2. The zero-order chi connectivity index (χ0) is 32.2. The molecule has 6 atom stereocenters. The number of esters is 1. The number of benzene rings is 2. The lowest BCUT2D eigenvalue weighted by Crippen LogP contribution is -2.41. The minimum atomic E-state index is -4.36. The fourth-order valence-electron chi connectivity index (χ4n) is 4.83. The first-order valence-electron chi connectivity index (χ1n) is 13.8.